The average Bonchev–Trinajstić information content (AvgIpc) is 3.23. The third kappa shape index (κ3) is 3.30. The quantitative estimate of drug-likeness (QED) is 0.745. The summed E-state index contributed by atoms with van der Waals surface area (Å²) in [5.74, 6) is 1.90. The number of ether oxygens (including phenoxy) is 1. The molecule has 6 nitrogen and oxygen atoms in total. The second-order valence-electron chi connectivity index (χ2n) is 6.70. The van der Waals surface area contributed by atoms with Crippen molar-refractivity contribution in [2.45, 2.75) is 13.2 Å². The zero-order chi connectivity index (χ0) is 18.1. The number of rotatable bonds is 5. The molecule has 0 bridgehead atoms. The van der Waals surface area contributed by atoms with Gasteiger partial charge in [0.05, 0.1) is 30.5 Å². The predicted octanol–water partition coefficient (Wildman–Crippen LogP) is 2.40. The maximum absolute atomic E-state index is 9.58. The van der Waals surface area contributed by atoms with E-state index in [-0.39, 0.29) is 6.61 Å². The van der Waals surface area contributed by atoms with Gasteiger partial charge < -0.3 is 19.6 Å². The Morgan fingerprint density at radius 1 is 1.15 bits per heavy atom. The van der Waals surface area contributed by atoms with Gasteiger partial charge in [0.2, 0.25) is 0 Å². The van der Waals surface area contributed by atoms with Crippen LogP contribution in [0.3, 0.4) is 0 Å². The van der Waals surface area contributed by atoms with Crippen molar-refractivity contribution in [2.75, 3.05) is 45.2 Å². The molecular formula is C19H24N4O2S. The third-order valence-electron chi connectivity index (χ3n) is 4.91. The smallest absolute Gasteiger partial charge is 0.168 e. The number of aliphatic hydroxyl groups excluding tert-OH is 1. The summed E-state index contributed by atoms with van der Waals surface area (Å²) in [6.07, 6.45) is 0. The Morgan fingerprint density at radius 2 is 1.88 bits per heavy atom. The lowest BCUT2D eigenvalue weighted by Gasteiger charge is -2.32. The normalized spacial score (nSPS) is 15.7. The molecule has 1 aliphatic rings. The molecule has 7 heteroatoms. The monoisotopic (exact) mass is 372 g/mol. The second kappa shape index (κ2) is 7.26. The second-order valence-corrected chi connectivity index (χ2v) is 7.84. The summed E-state index contributed by atoms with van der Waals surface area (Å²) in [6, 6.07) is 10.2. The van der Waals surface area contributed by atoms with Crippen molar-refractivity contribution in [3.8, 4) is 5.75 Å². The van der Waals surface area contributed by atoms with Gasteiger partial charge in [0.15, 0.2) is 5.82 Å². The SMILES string of the molecule is COc1ccc(Cn2nc(N3CCN(C)CC3)c3sc(CO)cc32)cc1. The van der Waals surface area contributed by atoms with Crippen LogP contribution in [-0.4, -0.2) is 60.1 Å². The summed E-state index contributed by atoms with van der Waals surface area (Å²) < 4.78 is 8.47. The van der Waals surface area contributed by atoms with Crippen molar-refractivity contribution in [1.82, 2.24) is 14.7 Å². The molecule has 1 N–H and O–H groups in total. The van der Waals surface area contributed by atoms with E-state index in [1.54, 1.807) is 18.4 Å². The van der Waals surface area contributed by atoms with Gasteiger partial charge in [0.1, 0.15) is 5.75 Å². The molecule has 0 aliphatic carbocycles. The van der Waals surface area contributed by atoms with Gasteiger partial charge in [0.25, 0.3) is 0 Å². The van der Waals surface area contributed by atoms with E-state index in [0.717, 1.165) is 48.1 Å². The highest BCUT2D eigenvalue weighted by Crippen LogP contribution is 2.35. The van der Waals surface area contributed by atoms with Crippen LogP contribution in [0.5, 0.6) is 5.75 Å². The van der Waals surface area contributed by atoms with Crippen LogP contribution in [0, 0.1) is 0 Å². The zero-order valence-electron chi connectivity index (χ0n) is 15.2. The number of methoxy groups -OCH3 is 1. The van der Waals surface area contributed by atoms with E-state index in [0.29, 0.717) is 6.54 Å². The van der Waals surface area contributed by atoms with Crippen LogP contribution in [0.25, 0.3) is 10.2 Å². The highest BCUT2D eigenvalue weighted by atomic mass is 32.1. The van der Waals surface area contributed by atoms with Crippen LogP contribution in [0.4, 0.5) is 5.82 Å². The van der Waals surface area contributed by atoms with Crippen molar-refractivity contribution < 1.29 is 9.84 Å². The van der Waals surface area contributed by atoms with Gasteiger partial charge in [-0.2, -0.15) is 5.10 Å². The Labute approximate surface area is 157 Å². The largest absolute Gasteiger partial charge is 0.497 e. The van der Waals surface area contributed by atoms with Crippen molar-refractivity contribution in [3.05, 3.63) is 40.8 Å². The van der Waals surface area contributed by atoms with Gasteiger partial charge >= 0.3 is 0 Å². The summed E-state index contributed by atoms with van der Waals surface area (Å²) in [5, 5.41) is 14.5. The van der Waals surface area contributed by atoms with Crippen molar-refractivity contribution in [1.29, 1.82) is 0 Å². The van der Waals surface area contributed by atoms with Gasteiger partial charge in [-0.05, 0) is 30.8 Å². The molecular weight excluding hydrogens is 348 g/mol. The molecule has 0 amide bonds. The van der Waals surface area contributed by atoms with Crippen LogP contribution in [-0.2, 0) is 13.2 Å². The summed E-state index contributed by atoms with van der Waals surface area (Å²) in [5.41, 5.74) is 2.28. The molecule has 1 aromatic carbocycles. The number of aliphatic hydroxyl groups is 1. The molecule has 3 aromatic rings. The van der Waals surface area contributed by atoms with E-state index < -0.39 is 0 Å². The maximum atomic E-state index is 9.58. The Kier molecular flexibility index (Phi) is 4.84. The molecule has 138 valence electrons. The van der Waals surface area contributed by atoms with Crippen LogP contribution in [0.1, 0.15) is 10.4 Å². The number of likely N-dealkylation sites (N-methyl/N-ethyl adjacent to an activating group) is 1. The molecule has 26 heavy (non-hydrogen) atoms. The van der Waals surface area contributed by atoms with Gasteiger partial charge in [-0.25, -0.2) is 0 Å². The molecule has 0 spiro atoms. The van der Waals surface area contributed by atoms with Gasteiger partial charge in [-0.1, -0.05) is 12.1 Å². The van der Waals surface area contributed by atoms with Gasteiger partial charge in [-0.15, -0.1) is 11.3 Å². The Morgan fingerprint density at radius 3 is 2.54 bits per heavy atom. The number of aromatic nitrogens is 2. The number of benzene rings is 1. The minimum atomic E-state index is 0.0735. The van der Waals surface area contributed by atoms with E-state index in [2.05, 4.69) is 39.7 Å². The van der Waals surface area contributed by atoms with Crippen LogP contribution in [0.2, 0.25) is 0 Å². The summed E-state index contributed by atoms with van der Waals surface area (Å²) >= 11 is 1.65. The standard InChI is InChI=1S/C19H24N4O2S/c1-21-7-9-22(10-8-21)19-18-17(11-16(13-24)26-18)23(20-19)12-14-3-5-15(25-2)6-4-14/h3-6,11,24H,7-10,12-13H2,1-2H3. The van der Waals surface area contributed by atoms with E-state index >= 15 is 0 Å². The Balaban J connectivity index is 1.68. The topological polar surface area (TPSA) is 53.8 Å². The van der Waals surface area contributed by atoms with Crippen LogP contribution in [0.15, 0.2) is 30.3 Å². The summed E-state index contributed by atoms with van der Waals surface area (Å²) in [6.45, 7) is 4.84. The van der Waals surface area contributed by atoms with Crippen LogP contribution >= 0.6 is 11.3 Å². The first-order valence-corrected chi connectivity index (χ1v) is 9.66. The number of hydrogen-bond acceptors (Lipinski definition) is 6. The fourth-order valence-electron chi connectivity index (χ4n) is 3.32. The molecule has 2 aromatic heterocycles. The summed E-state index contributed by atoms with van der Waals surface area (Å²) in [7, 11) is 3.83. The fourth-order valence-corrected chi connectivity index (χ4v) is 4.35. The number of nitrogens with zero attached hydrogens (tertiary/aromatic N) is 4. The van der Waals surface area contributed by atoms with E-state index in [9.17, 15) is 5.11 Å². The maximum Gasteiger partial charge on any atom is 0.168 e. The average molecular weight is 372 g/mol. The van der Waals surface area contributed by atoms with E-state index in [4.69, 9.17) is 9.84 Å². The van der Waals surface area contributed by atoms with E-state index in [1.807, 2.05) is 12.1 Å². The molecule has 3 heterocycles. The molecule has 1 fully saturated rings. The highest BCUT2D eigenvalue weighted by Gasteiger charge is 2.22. The van der Waals surface area contributed by atoms with Gasteiger partial charge in [0, 0.05) is 31.1 Å². The van der Waals surface area contributed by atoms with Crippen molar-refractivity contribution in [3.63, 3.8) is 0 Å². The number of fused-ring (bicyclic) bond motifs is 1. The molecule has 0 unspecified atom stereocenters. The summed E-state index contributed by atoms with van der Waals surface area (Å²) in [4.78, 5) is 5.69. The van der Waals surface area contributed by atoms with E-state index in [1.165, 1.54) is 10.3 Å². The number of hydrogen-bond donors (Lipinski definition) is 1. The van der Waals surface area contributed by atoms with Crippen molar-refractivity contribution >= 4 is 27.4 Å². The van der Waals surface area contributed by atoms with Gasteiger partial charge in [-0.3, -0.25) is 4.68 Å². The molecule has 0 saturated carbocycles. The third-order valence-corrected chi connectivity index (χ3v) is 6.02. The number of piperazine rings is 1. The van der Waals surface area contributed by atoms with Crippen molar-refractivity contribution in [2.24, 2.45) is 0 Å². The number of thiophene rings is 1. The lowest BCUT2D eigenvalue weighted by molar-refractivity contribution is 0.285. The van der Waals surface area contributed by atoms with Crippen LogP contribution < -0.4 is 9.64 Å². The fraction of sp³-hybridized carbons (Fsp3) is 0.421. The highest BCUT2D eigenvalue weighted by molar-refractivity contribution is 7.19. The Hall–Kier alpha value is -2.09. The predicted molar refractivity (Wildman–Crippen MR) is 105 cm³/mol. The number of anilines is 1. The first-order chi connectivity index (χ1) is 12.7. The first-order valence-electron chi connectivity index (χ1n) is 8.84. The molecule has 1 saturated heterocycles. The molecule has 0 radical (unpaired) electrons. The first kappa shape index (κ1) is 17.3. The zero-order valence-corrected chi connectivity index (χ0v) is 16.0. The minimum Gasteiger partial charge on any atom is -0.497 e. The Bertz CT molecular complexity index is 879. The molecule has 4 rings (SSSR count). The minimum absolute atomic E-state index is 0.0735. The lowest BCUT2D eigenvalue weighted by atomic mass is 10.2. The molecule has 1 aliphatic heterocycles. The lowest BCUT2D eigenvalue weighted by Crippen LogP contribution is -2.44. The molecule has 0 atom stereocenters.